The molecule has 0 saturated heterocycles. The highest BCUT2D eigenvalue weighted by Crippen LogP contribution is 2.14. The molecule has 2 aromatic carbocycles. The third kappa shape index (κ3) is 5.86. The monoisotopic (exact) mass is 385 g/mol. The summed E-state index contributed by atoms with van der Waals surface area (Å²) in [5, 5.41) is 12.2. The van der Waals surface area contributed by atoms with Gasteiger partial charge in [0.25, 0.3) is 0 Å². The van der Waals surface area contributed by atoms with E-state index in [4.69, 9.17) is 10.5 Å². The average Bonchev–Trinajstić information content (AvgIpc) is 3.07. The first-order valence-corrected chi connectivity index (χ1v) is 8.77. The SMILES string of the molecule is Nc1nnc(CC(=O)NN=Cc2ccc(OCc3ccc(F)cc3)cc2)s1. The van der Waals surface area contributed by atoms with Gasteiger partial charge in [-0.1, -0.05) is 23.5 Å². The number of nitrogens with zero attached hydrogens (tertiary/aromatic N) is 3. The maximum atomic E-state index is 12.9. The fourth-order valence-electron chi connectivity index (χ4n) is 2.09. The third-order valence-corrected chi connectivity index (χ3v) is 4.15. The number of carbonyl (C=O) groups excluding carboxylic acids is 1. The van der Waals surface area contributed by atoms with E-state index in [1.807, 2.05) is 0 Å². The second-order valence-electron chi connectivity index (χ2n) is 5.49. The normalized spacial score (nSPS) is 10.9. The molecule has 1 aromatic heterocycles. The molecule has 7 nitrogen and oxygen atoms in total. The first-order chi connectivity index (χ1) is 13.1. The van der Waals surface area contributed by atoms with Crippen molar-refractivity contribution in [1.82, 2.24) is 15.6 Å². The van der Waals surface area contributed by atoms with E-state index in [0.29, 0.717) is 22.5 Å². The summed E-state index contributed by atoms with van der Waals surface area (Å²) in [6.45, 7) is 0.347. The van der Waals surface area contributed by atoms with Crippen LogP contribution in [0.25, 0.3) is 0 Å². The zero-order valence-corrected chi connectivity index (χ0v) is 14.9. The Morgan fingerprint density at radius 2 is 1.93 bits per heavy atom. The highest BCUT2D eigenvalue weighted by Gasteiger charge is 2.07. The van der Waals surface area contributed by atoms with E-state index in [1.54, 1.807) is 36.4 Å². The summed E-state index contributed by atoms with van der Waals surface area (Å²) in [5.74, 6) is 0.0953. The van der Waals surface area contributed by atoms with Crippen LogP contribution in [0.2, 0.25) is 0 Å². The molecular weight excluding hydrogens is 369 g/mol. The maximum absolute atomic E-state index is 12.9. The van der Waals surface area contributed by atoms with Crippen LogP contribution < -0.4 is 15.9 Å². The van der Waals surface area contributed by atoms with Crippen molar-refractivity contribution in [3.8, 4) is 5.75 Å². The van der Waals surface area contributed by atoms with E-state index in [2.05, 4.69) is 20.7 Å². The maximum Gasteiger partial charge on any atom is 0.247 e. The third-order valence-electron chi connectivity index (χ3n) is 3.40. The Kier molecular flexibility index (Phi) is 6.06. The summed E-state index contributed by atoms with van der Waals surface area (Å²) in [4.78, 5) is 11.7. The van der Waals surface area contributed by atoms with Crippen molar-refractivity contribution >= 4 is 28.6 Å². The molecule has 3 rings (SSSR count). The standard InChI is InChI=1S/C18H16FN5O2S/c19-14-5-1-13(2-6-14)11-26-15-7-3-12(4-8-15)10-21-22-16(25)9-17-23-24-18(20)27-17/h1-8,10H,9,11H2,(H2,20,24)(H,22,25). The van der Waals surface area contributed by atoms with E-state index in [-0.39, 0.29) is 18.1 Å². The molecule has 0 radical (unpaired) electrons. The smallest absolute Gasteiger partial charge is 0.247 e. The van der Waals surface area contributed by atoms with E-state index in [0.717, 1.165) is 22.5 Å². The molecule has 0 bridgehead atoms. The molecule has 0 unspecified atom stereocenters. The predicted octanol–water partition coefficient (Wildman–Crippen LogP) is 2.53. The van der Waals surface area contributed by atoms with Gasteiger partial charge in [-0.25, -0.2) is 9.82 Å². The molecule has 0 aliphatic heterocycles. The Labute approximate surface area is 158 Å². The average molecular weight is 385 g/mol. The number of nitrogen functional groups attached to an aromatic ring is 1. The van der Waals surface area contributed by atoms with Gasteiger partial charge < -0.3 is 10.5 Å². The number of hydrazone groups is 1. The highest BCUT2D eigenvalue weighted by atomic mass is 32.1. The van der Waals surface area contributed by atoms with Crippen LogP contribution in [-0.2, 0) is 17.8 Å². The van der Waals surface area contributed by atoms with Crippen LogP contribution >= 0.6 is 11.3 Å². The molecule has 138 valence electrons. The second kappa shape index (κ2) is 8.86. The van der Waals surface area contributed by atoms with E-state index < -0.39 is 0 Å². The second-order valence-corrected chi connectivity index (χ2v) is 6.58. The van der Waals surface area contributed by atoms with Crippen LogP contribution in [0.3, 0.4) is 0 Å². The lowest BCUT2D eigenvalue weighted by Gasteiger charge is -2.06. The molecule has 0 aliphatic carbocycles. The Morgan fingerprint density at radius 3 is 2.59 bits per heavy atom. The number of hydrogen-bond donors (Lipinski definition) is 2. The van der Waals surface area contributed by atoms with Gasteiger partial charge in [-0.3, -0.25) is 4.79 Å². The fourth-order valence-corrected chi connectivity index (χ4v) is 2.70. The van der Waals surface area contributed by atoms with Crippen molar-refractivity contribution < 1.29 is 13.9 Å². The fraction of sp³-hybridized carbons (Fsp3) is 0.111. The number of aromatic nitrogens is 2. The largest absolute Gasteiger partial charge is 0.489 e. The Bertz CT molecular complexity index is 926. The van der Waals surface area contributed by atoms with Crippen LogP contribution in [0, 0.1) is 5.82 Å². The molecule has 0 saturated carbocycles. The lowest BCUT2D eigenvalue weighted by Crippen LogP contribution is -2.19. The van der Waals surface area contributed by atoms with Gasteiger partial charge >= 0.3 is 0 Å². The molecule has 27 heavy (non-hydrogen) atoms. The van der Waals surface area contributed by atoms with Crippen molar-refractivity contribution in [2.24, 2.45) is 5.10 Å². The predicted molar refractivity (Wildman–Crippen MR) is 101 cm³/mol. The van der Waals surface area contributed by atoms with E-state index in [1.165, 1.54) is 18.3 Å². The van der Waals surface area contributed by atoms with E-state index >= 15 is 0 Å². The molecule has 0 atom stereocenters. The number of rotatable bonds is 7. The van der Waals surface area contributed by atoms with Crippen LogP contribution in [-0.4, -0.2) is 22.3 Å². The molecule has 9 heteroatoms. The van der Waals surface area contributed by atoms with Crippen molar-refractivity contribution in [1.29, 1.82) is 0 Å². The zero-order valence-electron chi connectivity index (χ0n) is 14.1. The van der Waals surface area contributed by atoms with Crippen LogP contribution in [0.1, 0.15) is 16.1 Å². The van der Waals surface area contributed by atoms with Crippen molar-refractivity contribution in [2.45, 2.75) is 13.0 Å². The van der Waals surface area contributed by atoms with Gasteiger partial charge in [0.05, 0.1) is 12.6 Å². The minimum atomic E-state index is -0.304. The van der Waals surface area contributed by atoms with Crippen LogP contribution in [0.15, 0.2) is 53.6 Å². The van der Waals surface area contributed by atoms with Gasteiger partial charge in [-0.05, 0) is 47.5 Å². The lowest BCUT2D eigenvalue weighted by atomic mass is 10.2. The first kappa shape index (κ1) is 18.5. The van der Waals surface area contributed by atoms with Crippen molar-refractivity contribution in [3.63, 3.8) is 0 Å². The number of benzene rings is 2. The number of amides is 1. The Balaban J connectivity index is 1.46. The summed E-state index contributed by atoms with van der Waals surface area (Å²) in [5.41, 5.74) is 9.56. The number of anilines is 1. The van der Waals surface area contributed by atoms with E-state index in [9.17, 15) is 9.18 Å². The molecule has 3 N–H and O–H groups in total. The number of nitrogens with two attached hydrogens (primary N) is 1. The number of ether oxygens (including phenoxy) is 1. The minimum absolute atomic E-state index is 0.0718. The summed E-state index contributed by atoms with van der Waals surface area (Å²) in [6, 6.07) is 13.3. The van der Waals surface area contributed by atoms with Gasteiger partial charge in [0.15, 0.2) is 0 Å². The molecule has 0 fully saturated rings. The molecule has 1 amide bonds. The summed E-state index contributed by atoms with van der Waals surface area (Å²) in [6.07, 6.45) is 1.60. The number of hydrogen-bond acceptors (Lipinski definition) is 7. The lowest BCUT2D eigenvalue weighted by molar-refractivity contribution is -0.120. The minimum Gasteiger partial charge on any atom is -0.489 e. The summed E-state index contributed by atoms with van der Waals surface area (Å²) < 4.78 is 18.5. The van der Waals surface area contributed by atoms with Gasteiger partial charge in [-0.15, -0.1) is 10.2 Å². The number of nitrogens with one attached hydrogen (secondary N) is 1. The highest BCUT2D eigenvalue weighted by molar-refractivity contribution is 7.15. The summed E-state index contributed by atoms with van der Waals surface area (Å²) in [7, 11) is 0. The van der Waals surface area contributed by atoms with Crippen LogP contribution in [0.4, 0.5) is 9.52 Å². The quantitative estimate of drug-likeness (QED) is 0.481. The molecule has 0 aliphatic rings. The first-order valence-electron chi connectivity index (χ1n) is 7.95. The number of carbonyl (C=O) groups is 1. The Hall–Kier alpha value is -3.33. The van der Waals surface area contributed by atoms with Gasteiger partial charge in [-0.2, -0.15) is 5.10 Å². The number of halogens is 1. The van der Waals surface area contributed by atoms with Crippen molar-refractivity contribution in [2.75, 3.05) is 5.73 Å². The molecule has 1 heterocycles. The molecule has 3 aromatic rings. The topological polar surface area (TPSA) is 102 Å². The zero-order chi connectivity index (χ0) is 19.1. The van der Waals surface area contributed by atoms with Gasteiger partial charge in [0.2, 0.25) is 11.0 Å². The van der Waals surface area contributed by atoms with Gasteiger partial charge in [0.1, 0.15) is 23.2 Å². The van der Waals surface area contributed by atoms with Gasteiger partial charge in [0, 0.05) is 0 Å². The Morgan fingerprint density at radius 1 is 1.19 bits per heavy atom. The molecule has 0 spiro atoms. The van der Waals surface area contributed by atoms with Crippen LogP contribution in [0.5, 0.6) is 5.75 Å². The summed E-state index contributed by atoms with van der Waals surface area (Å²) >= 11 is 1.16. The molecular formula is C18H16FN5O2S. The van der Waals surface area contributed by atoms with Crippen molar-refractivity contribution in [3.05, 3.63) is 70.5 Å².